The highest BCUT2D eigenvalue weighted by atomic mass is 15.2. The average Bonchev–Trinajstić information content (AvgIpc) is 2.47. The Morgan fingerprint density at radius 1 is 1.50 bits per heavy atom. The van der Waals surface area contributed by atoms with Crippen molar-refractivity contribution in [2.75, 3.05) is 30.7 Å². The normalized spacial score (nSPS) is 19.8. The van der Waals surface area contributed by atoms with Crippen molar-refractivity contribution in [3.05, 3.63) is 23.8 Å². The summed E-state index contributed by atoms with van der Waals surface area (Å²) in [5.74, 6) is 0. The standard InChI is InChI=1S/C16H26N4/c1-2-3-8-20-9-4-5-15(12-20)19-14-6-7-16(18)13(10-14)11-17/h6-7,10-11,15,17,19H,2-5,8-9,12,18H2,1H3. The first-order valence-electron chi connectivity index (χ1n) is 7.62. The molecule has 0 spiro atoms. The molecule has 4 nitrogen and oxygen atoms in total. The van der Waals surface area contributed by atoms with Crippen LogP contribution in [0, 0.1) is 5.41 Å². The maximum atomic E-state index is 7.37. The Morgan fingerprint density at radius 2 is 2.35 bits per heavy atom. The Kier molecular flexibility index (Phi) is 5.41. The van der Waals surface area contributed by atoms with Gasteiger partial charge in [-0.05, 0) is 50.6 Å². The molecule has 1 unspecified atom stereocenters. The Bertz CT molecular complexity index is 444. The smallest absolute Gasteiger partial charge is 0.0404 e. The van der Waals surface area contributed by atoms with Gasteiger partial charge >= 0.3 is 0 Å². The van der Waals surface area contributed by atoms with Gasteiger partial charge in [-0.2, -0.15) is 0 Å². The molecule has 4 N–H and O–H groups in total. The number of benzene rings is 1. The van der Waals surface area contributed by atoms with E-state index in [2.05, 4.69) is 17.1 Å². The molecule has 0 aromatic heterocycles. The van der Waals surface area contributed by atoms with E-state index in [1.165, 1.54) is 45.0 Å². The molecule has 1 saturated heterocycles. The van der Waals surface area contributed by atoms with Crippen LogP contribution in [-0.2, 0) is 0 Å². The average molecular weight is 274 g/mol. The van der Waals surface area contributed by atoms with Gasteiger partial charge in [-0.1, -0.05) is 13.3 Å². The maximum Gasteiger partial charge on any atom is 0.0404 e. The lowest BCUT2D eigenvalue weighted by Crippen LogP contribution is -2.42. The molecule has 110 valence electrons. The monoisotopic (exact) mass is 274 g/mol. The molecule has 4 heteroatoms. The van der Waals surface area contributed by atoms with Crippen LogP contribution in [0.4, 0.5) is 11.4 Å². The predicted octanol–water partition coefficient (Wildman–Crippen LogP) is 2.94. The van der Waals surface area contributed by atoms with E-state index in [0.717, 1.165) is 17.8 Å². The van der Waals surface area contributed by atoms with Crippen LogP contribution < -0.4 is 11.1 Å². The number of hydrogen-bond donors (Lipinski definition) is 3. The molecule has 1 aliphatic heterocycles. The fraction of sp³-hybridized carbons (Fsp3) is 0.562. The number of nitrogens with one attached hydrogen (secondary N) is 2. The van der Waals surface area contributed by atoms with Gasteiger partial charge < -0.3 is 21.4 Å². The van der Waals surface area contributed by atoms with Crippen molar-refractivity contribution in [3.63, 3.8) is 0 Å². The van der Waals surface area contributed by atoms with Crippen molar-refractivity contribution in [1.29, 1.82) is 5.41 Å². The molecule has 2 rings (SSSR count). The van der Waals surface area contributed by atoms with Crippen molar-refractivity contribution < 1.29 is 0 Å². The Labute approximate surface area is 121 Å². The summed E-state index contributed by atoms with van der Waals surface area (Å²) in [6.45, 7) is 5.80. The lowest BCUT2D eigenvalue weighted by molar-refractivity contribution is 0.213. The third-order valence-electron chi connectivity index (χ3n) is 3.95. The van der Waals surface area contributed by atoms with E-state index >= 15 is 0 Å². The van der Waals surface area contributed by atoms with Crippen molar-refractivity contribution in [2.24, 2.45) is 0 Å². The molecule has 0 aliphatic carbocycles. The lowest BCUT2D eigenvalue weighted by Gasteiger charge is -2.33. The van der Waals surface area contributed by atoms with Gasteiger partial charge in [0.25, 0.3) is 0 Å². The largest absolute Gasteiger partial charge is 0.398 e. The van der Waals surface area contributed by atoms with E-state index in [0.29, 0.717) is 11.7 Å². The number of anilines is 2. The van der Waals surface area contributed by atoms with Gasteiger partial charge in [0, 0.05) is 35.7 Å². The van der Waals surface area contributed by atoms with Crippen LogP contribution in [0.25, 0.3) is 0 Å². The minimum absolute atomic E-state index is 0.503. The molecule has 1 atom stereocenters. The number of hydrogen-bond acceptors (Lipinski definition) is 4. The third-order valence-corrected chi connectivity index (χ3v) is 3.95. The van der Waals surface area contributed by atoms with Gasteiger partial charge in [-0.25, -0.2) is 0 Å². The summed E-state index contributed by atoms with van der Waals surface area (Å²) in [7, 11) is 0. The van der Waals surface area contributed by atoms with Crippen LogP contribution in [0.1, 0.15) is 38.2 Å². The zero-order valence-electron chi connectivity index (χ0n) is 12.4. The van der Waals surface area contributed by atoms with Crippen LogP contribution in [0.5, 0.6) is 0 Å². The van der Waals surface area contributed by atoms with Gasteiger partial charge in [0.2, 0.25) is 0 Å². The Morgan fingerprint density at radius 3 is 3.10 bits per heavy atom. The highest BCUT2D eigenvalue weighted by molar-refractivity contribution is 5.86. The van der Waals surface area contributed by atoms with Crippen LogP contribution in [0.2, 0.25) is 0 Å². The van der Waals surface area contributed by atoms with Crippen molar-refractivity contribution in [2.45, 2.75) is 38.6 Å². The molecule has 0 radical (unpaired) electrons. The van der Waals surface area contributed by atoms with E-state index in [1.54, 1.807) is 0 Å². The zero-order chi connectivity index (χ0) is 14.4. The molecule has 1 aliphatic rings. The van der Waals surface area contributed by atoms with E-state index in [-0.39, 0.29) is 0 Å². The Balaban J connectivity index is 1.93. The minimum atomic E-state index is 0.503. The second-order valence-corrected chi connectivity index (χ2v) is 5.63. The highest BCUT2D eigenvalue weighted by Gasteiger charge is 2.19. The first kappa shape index (κ1) is 14.9. The number of unbranched alkanes of at least 4 members (excludes halogenated alkanes) is 1. The fourth-order valence-corrected chi connectivity index (χ4v) is 2.78. The van der Waals surface area contributed by atoms with Gasteiger partial charge in [0.1, 0.15) is 0 Å². The van der Waals surface area contributed by atoms with E-state index in [9.17, 15) is 0 Å². The molecule has 1 aromatic rings. The molecule has 1 heterocycles. The molecule has 20 heavy (non-hydrogen) atoms. The van der Waals surface area contributed by atoms with Crippen LogP contribution in [0.15, 0.2) is 18.2 Å². The van der Waals surface area contributed by atoms with Crippen molar-refractivity contribution in [3.8, 4) is 0 Å². The van der Waals surface area contributed by atoms with E-state index in [4.69, 9.17) is 11.1 Å². The lowest BCUT2D eigenvalue weighted by atomic mass is 10.0. The number of nitrogens with two attached hydrogens (primary N) is 1. The number of piperidine rings is 1. The molecule has 0 saturated carbocycles. The minimum Gasteiger partial charge on any atom is -0.398 e. The predicted molar refractivity (Wildman–Crippen MR) is 86.7 cm³/mol. The van der Waals surface area contributed by atoms with Gasteiger partial charge in [0.05, 0.1) is 0 Å². The second-order valence-electron chi connectivity index (χ2n) is 5.63. The summed E-state index contributed by atoms with van der Waals surface area (Å²) < 4.78 is 0. The summed E-state index contributed by atoms with van der Waals surface area (Å²) in [5, 5.41) is 11.0. The summed E-state index contributed by atoms with van der Waals surface area (Å²) in [4.78, 5) is 2.56. The van der Waals surface area contributed by atoms with Crippen molar-refractivity contribution in [1.82, 2.24) is 4.90 Å². The SMILES string of the molecule is CCCCN1CCCC(Nc2ccc(N)c(C=N)c2)C1. The molecular weight excluding hydrogens is 248 g/mol. The van der Waals surface area contributed by atoms with Crippen molar-refractivity contribution >= 4 is 17.6 Å². The third kappa shape index (κ3) is 3.97. The summed E-state index contributed by atoms with van der Waals surface area (Å²) >= 11 is 0. The second kappa shape index (κ2) is 7.29. The molecule has 0 amide bonds. The quantitative estimate of drug-likeness (QED) is 0.552. The highest BCUT2D eigenvalue weighted by Crippen LogP contribution is 2.20. The van der Waals surface area contributed by atoms with Gasteiger partial charge in [-0.15, -0.1) is 0 Å². The first-order valence-corrected chi connectivity index (χ1v) is 7.62. The van der Waals surface area contributed by atoms with Crippen LogP contribution in [-0.4, -0.2) is 36.8 Å². The molecule has 0 bridgehead atoms. The van der Waals surface area contributed by atoms with Crippen LogP contribution >= 0.6 is 0 Å². The Hall–Kier alpha value is -1.55. The number of rotatable bonds is 6. The summed E-state index contributed by atoms with van der Waals surface area (Å²) in [6.07, 6.45) is 6.33. The number of nitrogens with zero attached hydrogens (tertiary/aromatic N) is 1. The molecular formula is C16H26N4. The number of likely N-dealkylation sites (tertiary alicyclic amines) is 1. The number of nitrogen functional groups attached to an aromatic ring is 1. The maximum absolute atomic E-state index is 7.37. The van der Waals surface area contributed by atoms with Crippen LogP contribution in [0.3, 0.4) is 0 Å². The molecule has 1 fully saturated rings. The van der Waals surface area contributed by atoms with E-state index < -0.39 is 0 Å². The van der Waals surface area contributed by atoms with E-state index in [1.807, 2.05) is 18.2 Å². The summed E-state index contributed by atoms with van der Waals surface area (Å²) in [6, 6.07) is 6.35. The first-order chi connectivity index (χ1) is 9.72. The topological polar surface area (TPSA) is 65.1 Å². The fourth-order valence-electron chi connectivity index (χ4n) is 2.78. The zero-order valence-corrected chi connectivity index (χ0v) is 12.4. The molecule has 1 aromatic carbocycles. The summed E-state index contributed by atoms with van der Waals surface area (Å²) in [5.41, 5.74) is 8.34. The van der Waals surface area contributed by atoms with Gasteiger partial charge in [-0.3, -0.25) is 0 Å². The van der Waals surface area contributed by atoms with Gasteiger partial charge in [0.15, 0.2) is 0 Å².